The van der Waals surface area contributed by atoms with Gasteiger partial charge in [0.2, 0.25) is 11.7 Å². The van der Waals surface area contributed by atoms with Crippen molar-refractivity contribution in [3.05, 3.63) is 60.0 Å². The number of rotatable bonds is 4. The zero-order valence-electron chi connectivity index (χ0n) is 13.8. The predicted octanol–water partition coefficient (Wildman–Crippen LogP) is 3.70. The molecule has 0 unspecified atom stereocenters. The maximum Gasteiger partial charge on any atom is 0.246 e. The average Bonchev–Trinajstić information content (AvgIpc) is 3.20. The lowest BCUT2D eigenvalue weighted by atomic mass is 10.1. The van der Waals surface area contributed by atoms with Crippen molar-refractivity contribution in [3.8, 4) is 17.1 Å². The van der Waals surface area contributed by atoms with Crippen LogP contribution in [-0.2, 0) is 13.0 Å². The van der Waals surface area contributed by atoms with Gasteiger partial charge in [0.05, 0.1) is 13.7 Å². The third-order valence-corrected chi connectivity index (χ3v) is 4.45. The molecule has 24 heavy (non-hydrogen) atoms. The van der Waals surface area contributed by atoms with Gasteiger partial charge in [-0.2, -0.15) is 4.98 Å². The van der Waals surface area contributed by atoms with Crippen LogP contribution in [0.4, 0.5) is 5.69 Å². The number of ether oxygens (including phenoxy) is 1. The van der Waals surface area contributed by atoms with E-state index >= 15 is 0 Å². The van der Waals surface area contributed by atoms with Crippen LogP contribution in [0.2, 0.25) is 0 Å². The van der Waals surface area contributed by atoms with E-state index in [1.54, 1.807) is 7.11 Å². The summed E-state index contributed by atoms with van der Waals surface area (Å²) < 4.78 is 10.7. The number of benzene rings is 2. The summed E-state index contributed by atoms with van der Waals surface area (Å²) in [4.78, 5) is 6.87. The lowest BCUT2D eigenvalue weighted by Crippen LogP contribution is -2.28. The first-order valence-electron chi connectivity index (χ1n) is 8.06. The first-order valence-corrected chi connectivity index (χ1v) is 8.06. The maximum atomic E-state index is 5.47. The SMILES string of the molecule is COc1cccc(-c2noc(CN3c4ccccc4C[C@@H]3C)n2)c1. The van der Waals surface area contributed by atoms with Crippen LogP contribution in [0.3, 0.4) is 0 Å². The molecule has 5 heteroatoms. The molecule has 1 aromatic heterocycles. The van der Waals surface area contributed by atoms with Crippen molar-refractivity contribution >= 4 is 5.69 Å². The minimum absolute atomic E-state index is 0.426. The summed E-state index contributed by atoms with van der Waals surface area (Å²) in [5.74, 6) is 1.99. The van der Waals surface area contributed by atoms with Crippen LogP contribution in [0.1, 0.15) is 18.4 Å². The number of hydrogen-bond donors (Lipinski definition) is 0. The molecule has 0 radical (unpaired) electrons. The molecule has 122 valence electrons. The van der Waals surface area contributed by atoms with Crippen molar-refractivity contribution in [1.82, 2.24) is 10.1 Å². The highest BCUT2D eigenvalue weighted by Crippen LogP contribution is 2.33. The molecular weight excluding hydrogens is 302 g/mol. The van der Waals surface area contributed by atoms with Crippen LogP contribution in [0.15, 0.2) is 53.1 Å². The Kier molecular flexibility index (Phi) is 3.69. The molecule has 0 spiro atoms. The predicted molar refractivity (Wildman–Crippen MR) is 92.1 cm³/mol. The highest BCUT2D eigenvalue weighted by molar-refractivity contribution is 5.59. The van der Waals surface area contributed by atoms with Crippen LogP contribution in [-0.4, -0.2) is 23.3 Å². The second kappa shape index (κ2) is 6.00. The summed E-state index contributed by atoms with van der Waals surface area (Å²) in [6.45, 7) is 2.84. The van der Waals surface area contributed by atoms with E-state index in [1.165, 1.54) is 11.3 Å². The molecule has 0 fully saturated rings. The number of hydrogen-bond acceptors (Lipinski definition) is 5. The van der Waals surface area contributed by atoms with E-state index < -0.39 is 0 Å². The fraction of sp³-hybridized carbons (Fsp3) is 0.263. The highest BCUT2D eigenvalue weighted by atomic mass is 16.5. The maximum absolute atomic E-state index is 5.47. The van der Waals surface area contributed by atoms with Gasteiger partial charge < -0.3 is 14.2 Å². The monoisotopic (exact) mass is 321 g/mol. The van der Waals surface area contributed by atoms with Crippen LogP contribution in [0.25, 0.3) is 11.4 Å². The van der Waals surface area contributed by atoms with Crippen LogP contribution in [0, 0.1) is 0 Å². The summed E-state index contributed by atoms with van der Waals surface area (Å²) in [6.07, 6.45) is 1.05. The fourth-order valence-corrected chi connectivity index (χ4v) is 3.21. The van der Waals surface area contributed by atoms with E-state index in [0.29, 0.717) is 24.3 Å². The van der Waals surface area contributed by atoms with Gasteiger partial charge in [-0.15, -0.1) is 0 Å². The van der Waals surface area contributed by atoms with E-state index in [9.17, 15) is 0 Å². The van der Waals surface area contributed by atoms with Gasteiger partial charge >= 0.3 is 0 Å². The molecule has 0 saturated carbocycles. The van der Waals surface area contributed by atoms with Crippen LogP contribution >= 0.6 is 0 Å². The van der Waals surface area contributed by atoms with Crippen LogP contribution in [0.5, 0.6) is 5.75 Å². The van der Waals surface area contributed by atoms with Gasteiger partial charge in [0.15, 0.2) is 0 Å². The summed E-state index contributed by atoms with van der Waals surface area (Å²) in [5, 5.41) is 4.12. The molecule has 5 nitrogen and oxygen atoms in total. The van der Waals surface area contributed by atoms with E-state index in [4.69, 9.17) is 9.26 Å². The van der Waals surface area contributed by atoms with E-state index in [2.05, 4.69) is 46.2 Å². The van der Waals surface area contributed by atoms with Crippen molar-refractivity contribution < 1.29 is 9.26 Å². The molecule has 2 aromatic carbocycles. The van der Waals surface area contributed by atoms with Gasteiger partial charge in [-0.05, 0) is 37.1 Å². The first-order chi connectivity index (χ1) is 11.7. The third-order valence-electron chi connectivity index (χ3n) is 4.45. The molecule has 1 aliphatic rings. The van der Waals surface area contributed by atoms with Crippen molar-refractivity contribution in [2.75, 3.05) is 12.0 Å². The first kappa shape index (κ1) is 14.8. The molecule has 1 atom stereocenters. The molecule has 1 aliphatic heterocycles. The lowest BCUT2D eigenvalue weighted by Gasteiger charge is -2.22. The Morgan fingerprint density at radius 1 is 1.21 bits per heavy atom. The molecule has 3 aromatic rings. The van der Waals surface area contributed by atoms with Gasteiger partial charge in [-0.3, -0.25) is 0 Å². The Hall–Kier alpha value is -2.82. The molecule has 0 N–H and O–H groups in total. The number of nitrogens with zero attached hydrogens (tertiary/aromatic N) is 3. The molecule has 0 saturated heterocycles. The summed E-state index contributed by atoms with van der Waals surface area (Å²) in [5.41, 5.74) is 3.52. The molecule has 2 heterocycles. The second-order valence-electron chi connectivity index (χ2n) is 6.05. The van der Waals surface area contributed by atoms with E-state index in [0.717, 1.165) is 17.7 Å². The lowest BCUT2D eigenvalue weighted by molar-refractivity contribution is 0.374. The summed E-state index contributed by atoms with van der Waals surface area (Å²) >= 11 is 0. The van der Waals surface area contributed by atoms with E-state index in [1.807, 2.05) is 24.3 Å². The molecule has 0 amide bonds. The van der Waals surface area contributed by atoms with Gasteiger partial charge in [-0.1, -0.05) is 35.5 Å². The van der Waals surface area contributed by atoms with Gasteiger partial charge in [0.1, 0.15) is 5.75 Å². The summed E-state index contributed by atoms with van der Waals surface area (Å²) in [6, 6.07) is 16.6. The largest absolute Gasteiger partial charge is 0.497 e. The average molecular weight is 321 g/mol. The number of aromatic nitrogens is 2. The van der Waals surface area contributed by atoms with Gasteiger partial charge in [-0.25, -0.2) is 0 Å². The van der Waals surface area contributed by atoms with Crippen molar-refractivity contribution in [3.63, 3.8) is 0 Å². The normalized spacial score (nSPS) is 16.2. The van der Waals surface area contributed by atoms with Gasteiger partial charge in [0.25, 0.3) is 0 Å². The topological polar surface area (TPSA) is 51.4 Å². The zero-order valence-corrected chi connectivity index (χ0v) is 13.8. The number of para-hydroxylation sites is 1. The van der Waals surface area contributed by atoms with Crippen molar-refractivity contribution in [1.29, 1.82) is 0 Å². The minimum Gasteiger partial charge on any atom is -0.497 e. The Balaban J connectivity index is 1.57. The second-order valence-corrected chi connectivity index (χ2v) is 6.05. The Morgan fingerprint density at radius 2 is 2.08 bits per heavy atom. The molecular formula is C19H19N3O2. The van der Waals surface area contributed by atoms with Crippen molar-refractivity contribution in [2.45, 2.75) is 25.9 Å². The van der Waals surface area contributed by atoms with Crippen LogP contribution < -0.4 is 9.64 Å². The minimum atomic E-state index is 0.426. The van der Waals surface area contributed by atoms with Gasteiger partial charge in [0, 0.05) is 17.3 Å². The molecule has 0 bridgehead atoms. The van der Waals surface area contributed by atoms with Crippen molar-refractivity contribution in [2.24, 2.45) is 0 Å². The number of methoxy groups -OCH3 is 1. The molecule has 4 rings (SSSR count). The Labute approximate surface area is 140 Å². The Morgan fingerprint density at radius 3 is 2.96 bits per heavy atom. The standard InChI is InChI=1S/C19H19N3O2/c1-13-10-14-6-3-4-9-17(14)22(13)12-18-20-19(21-24-18)15-7-5-8-16(11-15)23-2/h3-9,11,13H,10,12H2,1-2H3/t13-/m0/s1. The van der Waals surface area contributed by atoms with E-state index in [-0.39, 0.29) is 0 Å². The number of anilines is 1. The smallest absolute Gasteiger partial charge is 0.246 e. The fourth-order valence-electron chi connectivity index (χ4n) is 3.21. The number of fused-ring (bicyclic) bond motifs is 1. The zero-order chi connectivity index (χ0) is 16.5. The highest BCUT2D eigenvalue weighted by Gasteiger charge is 2.27. The summed E-state index contributed by atoms with van der Waals surface area (Å²) in [7, 11) is 1.65. The third kappa shape index (κ3) is 2.62. The quantitative estimate of drug-likeness (QED) is 0.733. The molecule has 0 aliphatic carbocycles. The Bertz CT molecular complexity index is 859.